The van der Waals surface area contributed by atoms with Gasteiger partial charge in [-0.05, 0) is 53.3 Å². The molecule has 0 spiro atoms. The van der Waals surface area contributed by atoms with E-state index in [1.54, 1.807) is 7.11 Å². The molecule has 1 heterocycles. The summed E-state index contributed by atoms with van der Waals surface area (Å²) >= 11 is 0. The van der Waals surface area contributed by atoms with Crippen molar-refractivity contribution in [2.75, 3.05) is 33.3 Å². The zero-order valence-corrected chi connectivity index (χ0v) is 17.8. The molecule has 2 aromatic rings. The zero-order chi connectivity index (χ0) is 17.1. The Morgan fingerprint density at radius 3 is 2.30 bits per heavy atom. The molecule has 0 radical (unpaired) electrons. The van der Waals surface area contributed by atoms with E-state index in [9.17, 15) is 0 Å². The van der Waals surface area contributed by atoms with Crippen molar-refractivity contribution in [2.45, 2.75) is 38.1 Å². The fraction of sp³-hybridized carbons (Fsp3) is 0.545. The number of halogens is 2. The molecule has 3 nitrogen and oxygen atoms in total. The molecule has 1 saturated carbocycles. The lowest BCUT2D eigenvalue weighted by molar-refractivity contribution is 0.103. The Morgan fingerprint density at radius 2 is 1.59 bits per heavy atom. The second kappa shape index (κ2) is 10.5. The van der Waals surface area contributed by atoms with E-state index < -0.39 is 0 Å². The zero-order valence-electron chi connectivity index (χ0n) is 16.2. The van der Waals surface area contributed by atoms with Gasteiger partial charge in [0.1, 0.15) is 5.75 Å². The maximum absolute atomic E-state index is 5.38. The number of piperazine rings is 1. The van der Waals surface area contributed by atoms with Gasteiger partial charge in [0.05, 0.1) is 7.11 Å². The van der Waals surface area contributed by atoms with Crippen LogP contribution in [0.4, 0.5) is 0 Å². The maximum atomic E-state index is 5.38. The number of nitrogens with zero attached hydrogens (tertiary/aromatic N) is 1. The van der Waals surface area contributed by atoms with Crippen LogP contribution in [0.5, 0.6) is 5.75 Å². The minimum Gasteiger partial charge on any atom is -0.497 e. The predicted molar refractivity (Wildman–Crippen MR) is 119 cm³/mol. The number of benzene rings is 2. The first-order valence-electron chi connectivity index (χ1n) is 9.87. The van der Waals surface area contributed by atoms with E-state index in [4.69, 9.17) is 4.74 Å². The largest absolute Gasteiger partial charge is 0.497 e. The second-order valence-electron chi connectivity index (χ2n) is 7.60. The van der Waals surface area contributed by atoms with E-state index in [2.05, 4.69) is 46.6 Å². The Bertz CT molecular complexity index is 695. The fourth-order valence-corrected chi connectivity index (χ4v) is 4.74. The summed E-state index contributed by atoms with van der Waals surface area (Å²) in [5, 5.41) is 6.11. The van der Waals surface area contributed by atoms with Gasteiger partial charge in [-0.3, -0.25) is 4.90 Å². The van der Waals surface area contributed by atoms with Crippen LogP contribution in [0.2, 0.25) is 0 Å². The molecule has 0 bridgehead atoms. The smallest absolute Gasteiger partial charge is 0.119 e. The van der Waals surface area contributed by atoms with Crippen molar-refractivity contribution < 1.29 is 4.74 Å². The Hall–Kier alpha value is -1.000. The molecule has 2 aromatic carbocycles. The molecule has 1 aliphatic heterocycles. The van der Waals surface area contributed by atoms with Crippen molar-refractivity contribution in [3.63, 3.8) is 0 Å². The second-order valence-corrected chi connectivity index (χ2v) is 7.60. The first-order valence-corrected chi connectivity index (χ1v) is 9.87. The molecule has 0 amide bonds. The summed E-state index contributed by atoms with van der Waals surface area (Å²) in [4.78, 5) is 2.73. The highest BCUT2D eigenvalue weighted by molar-refractivity contribution is 5.86. The van der Waals surface area contributed by atoms with E-state index in [0.717, 1.165) is 24.8 Å². The molecule has 1 atom stereocenters. The molecular weight excluding hydrogens is 379 g/mol. The van der Waals surface area contributed by atoms with E-state index in [0.29, 0.717) is 6.04 Å². The van der Waals surface area contributed by atoms with E-state index in [1.165, 1.54) is 61.5 Å². The monoisotopic (exact) mass is 410 g/mol. The summed E-state index contributed by atoms with van der Waals surface area (Å²) < 4.78 is 5.38. The SMILES string of the molecule is COc1ccc2cc([C@H](C3CCCCC3)N3CCNCC3)ccc2c1.Cl.Cl. The van der Waals surface area contributed by atoms with Gasteiger partial charge in [-0.1, -0.05) is 37.5 Å². The van der Waals surface area contributed by atoms with Crippen molar-refractivity contribution >= 4 is 35.6 Å². The average Bonchev–Trinajstić information content (AvgIpc) is 2.69. The lowest BCUT2D eigenvalue weighted by atomic mass is 9.80. The molecule has 27 heavy (non-hydrogen) atoms. The molecule has 1 saturated heterocycles. The molecule has 5 heteroatoms. The summed E-state index contributed by atoms with van der Waals surface area (Å²) in [5.74, 6) is 1.74. The van der Waals surface area contributed by atoms with Gasteiger partial charge in [-0.15, -0.1) is 24.8 Å². The first-order chi connectivity index (χ1) is 12.3. The highest BCUT2D eigenvalue weighted by atomic mass is 35.5. The third kappa shape index (κ3) is 5.08. The van der Waals surface area contributed by atoms with Crippen molar-refractivity contribution in [2.24, 2.45) is 5.92 Å². The van der Waals surface area contributed by atoms with Gasteiger partial charge in [-0.2, -0.15) is 0 Å². The van der Waals surface area contributed by atoms with Crippen LogP contribution in [-0.4, -0.2) is 38.2 Å². The number of ether oxygens (including phenoxy) is 1. The van der Waals surface area contributed by atoms with Crippen LogP contribution in [-0.2, 0) is 0 Å². The fourth-order valence-electron chi connectivity index (χ4n) is 4.74. The quantitative estimate of drug-likeness (QED) is 0.747. The Kier molecular flexibility index (Phi) is 8.68. The first kappa shape index (κ1) is 22.3. The van der Waals surface area contributed by atoms with Gasteiger partial charge in [0.25, 0.3) is 0 Å². The van der Waals surface area contributed by atoms with Crippen LogP contribution in [0.3, 0.4) is 0 Å². The Balaban J connectivity index is 0.00000131. The van der Waals surface area contributed by atoms with Crippen LogP contribution in [0.15, 0.2) is 36.4 Å². The lowest BCUT2D eigenvalue weighted by Gasteiger charge is -2.41. The number of rotatable bonds is 4. The van der Waals surface area contributed by atoms with Crippen molar-refractivity contribution in [1.29, 1.82) is 0 Å². The molecular formula is C22H32Cl2N2O. The minimum atomic E-state index is 0. The van der Waals surface area contributed by atoms with Gasteiger partial charge < -0.3 is 10.1 Å². The molecule has 1 aliphatic carbocycles. The number of nitrogens with one attached hydrogen (secondary N) is 1. The number of hydrogen-bond donors (Lipinski definition) is 1. The third-order valence-electron chi connectivity index (χ3n) is 6.05. The van der Waals surface area contributed by atoms with Crippen LogP contribution in [0.1, 0.15) is 43.7 Å². The molecule has 2 aliphatic rings. The molecule has 150 valence electrons. The third-order valence-corrected chi connectivity index (χ3v) is 6.05. The highest BCUT2D eigenvalue weighted by Crippen LogP contribution is 2.39. The predicted octanol–water partition coefficient (Wildman–Crippen LogP) is 5.22. The van der Waals surface area contributed by atoms with Gasteiger partial charge in [0.2, 0.25) is 0 Å². The van der Waals surface area contributed by atoms with Gasteiger partial charge in [-0.25, -0.2) is 0 Å². The normalized spacial score (nSPS) is 19.7. The van der Waals surface area contributed by atoms with Gasteiger partial charge in [0.15, 0.2) is 0 Å². The van der Waals surface area contributed by atoms with Crippen LogP contribution >= 0.6 is 24.8 Å². The van der Waals surface area contributed by atoms with E-state index in [1.807, 2.05) is 0 Å². The van der Waals surface area contributed by atoms with Crippen molar-refractivity contribution in [3.05, 3.63) is 42.0 Å². The number of hydrogen-bond acceptors (Lipinski definition) is 3. The minimum absolute atomic E-state index is 0. The van der Waals surface area contributed by atoms with Crippen LogP contribution in [0, 0.1) is 5.92 Å². The Labute approximate surface area is 175 Å². The standard InChI is InChI=1S/C22H30N2O.2ClH/c1-25-21-10-9-18-15-20(8-7-19(18)16-21)22(17-5-3-2-4-6-17)24-13-11-23-12-14-24;;/h7-10,15-17,22-23H,2-6,11-14H2,1H3;2*1H/t22-;;/m0../s1. The van der Waals surface area contributed by atoms with E-state index in [-0.39, 0.29) is 24.8 Å². The Morgan fingerprint density at radius 1 is 0.926 bits per heavy atom. The summed E-state index contributed by atoms with van der Waals surface area (Å²) in [5.41, 5.74) is 1.51. The molecule has 4 rings (SSSR count). The summed E-state index contributed by atoms with van der Waals surface area (Å²) in [6.45, 7) is 4.58. The van der Waals surface area contributed by atoms with Crippen molar-refractivity contribution in [3.8, 4) is 5.75 Å². The number of fused-ring (bicyclic) bond motifs is 1. The summed E-state index contributed by atoms with van der Waals surface area (Å²) in [7, 11) is 1.74. The summed E-state index contributed by atoms with van der Waals surface area (Å²) in [6, 6.07) is 14.1. The molecule has 0 unspecified atom stereocenters. The van der Waals surface area contributed by atoms with Crippen LogP contribution < -0.4 is 10.1 Å². The topological polar surface area (TPSA) is 24.5 Å². The van der Waals surface area contributed by atoms with Crippen molar-refractivity contribution in [1.82, 2.24) is 10.2 Å². The highest BCUT2D eigenvalue weighted by Gasteiger charge is 2.30. The van der Waals surface area contributed by atoms with Crippen LogP contribution in [0.25, 0.3) is 10.8 Å². The molecule has 2 fully saturated rings. The van der Waals surface area contributed by atoms with Gasteiger partial charge in [0, 0.05) is 32.2 Å². The maximum Gasteiger partial charge on any atom is 0.119 e. The lowest BCUT2D eigenvalue weighted by Crippen LogP contribution is -2.47. The molecule has 1 N–H and O–H groups in total. The summed E-state index contributed by atoms with van der Waals surface area (Å²) in [6.07, 6.45) is 6.99. The molecule has 0 aromatic heterocycles. The average molecular weight is 411 g/mol. The van der Waals surface area contributed by atoms with Gasteiger partial charge >= 0.3 is 0 Å². The van der Waals surface area contributed by atoms with E-state index >= 15 is 0 Å². The number of methoxy groups -OCH3 is 1.